The van der Waals surface area contributed by atoms with Crippen LogP contribution in [-0.2, 0) is 16.8 Å². The van der Waals surface area contributed by atoms with Crippen LogP contribution in [0.5, 0.6) is 0 Å². The van der Waals surface area contributed by atoms with Crippen LogP contribution in [0.2, 0.25) is 0 Å². The van der Waals surface area contributed by atoms with Crippen LogP contribution in [0.4, 0.5) is 0 Å². The Hall–Kier alpha value is -2.14. The average molecular weight is 384 g/mol. The van der Waals surface area contributed by atoms with Crippen molar-refractivity contribution in [1.82, 2.24) is 4.90 Å². The zero-order chi connectivity index (χ0) is 16.9. The number of guanidine groups is 1. The standard InChI is InChI=1S/C19H18BrN3O/c1-23-17(24)19(22-18(23)21)11-14(12-5-3-2-4-6-12)9-13-7-8-15(20)10-16(13)19/h2-8,10,14H,9,11H2,1H3,(H2,21,22). The molecule has 0 aromatic heterocycles. The number of likely N-dealkylation sites (N-methyl/N-ethyl adjacent to an activating group) is 1. The quantitative estimate of drug-likeness (QED) is 0.821. The van der Waals surface area contributed by atoms with E-state index in [0.29, 0.717) is 12.4 Å². The van der Waals surface area contributed by atoms with Crippen LogP contribution in [0.15, 0.2) is 58.0 Å². The molecule has 122 valence electrons. The Bertz CT molecular complexity index is 849. The van der Waals surface area contributed by atoms with Crippen LogP contribution in [0, 0.1) is 0 Å². The molecule has 2 atom stereocenters. The molecule has 1 amide bonds. The van der Waals surface area contributed by atoms with Gasteiger partial charge in [0, 0.05) is 11.5 Å². The van der Waals surface area contributed by atoms with Gasteiger partial charge in [0.15, 0.2) is 11.5 Å². The number of carbonyl (C=O) groups excluding carboxylic acids is 1. The number of nitrogens with zero attached hydrogens (tertiary/aromatic N) is 2. The Morgan fingerprint density at radius 3 is 2.67 bits per heavy atom. The molecule has 1 spiro atoms. The molecule has 4 rings (SSSR count). The fourth-order valence-electron chi connectivity index (χ4n) is 3.88. The molecule has 5 heteroatoms. The van der Waals surface area contributed by atoms with E-state index in [0.717, 1.165) is 16.5 Å². The third-order valence-electron chi connectivity index (χ3n) is 5.10. The smallest absolute Gasteiger partial charge is 0.261 e. The van der Waals surface area contributed by atoms with Gasteiger partial charge in [-0.2, -0.15) is 0 Å². The molecule has 1 aliphatic heterocycles. The average Bonchev–Trinajstić information content (AvgIpc) is 2.81. The van der Waals surface area contributed by atoms with Crippen LogP contribution in [-0.4, -0.2) is 23.8 Å². The van der Waals surface area contributed by atoms with E-state index < -0.39 is 5.54 Å². The van der Waals surface area contributed by atoms with E-state index in [1.807, 2.05) is 30.3 Å². The summed E-state index contributed by atoms with van der Waals surface area (Å²) in [4.78, 5) is 19.2. The lowest BCUT2D eigenvalue weighted by Crippen LogP contribution is -2.43. The largest absolute Gasteiger partial charge is 0.369 e. The van der Waals surface area contributed by atoms with Gasteiger partial charge in [-0.05, 0) is 47.6 Å². The number of fused-ring (bicyclic) bond motifs is 2. The first-order valence-electron chi connectivity index (χ1n) is 7.98. The number of benzene rings is 2. The SMILES string of the molecule is CN1C(=O)C2(CC(c3ccccc3)Cc3ccc(Br)cc32)N=C1N. The van der Waals surface area contributed by atoms with E-state index in [2.05, 4.69) is 39.1 Å². The molecular weight excluding hydrogens is 366 g/mol. The van der Waals surface area contributed by atoms with Gasteiger partial charge in [-0.15, -0.1) is 0 Å². The van der Waals surface area contributed by atoms with E-state index in [1.54, 1.807) is 7.05 Å². The van der Waals surface area contributed by atoms with Gasteiger partial charge in [-0.25, -0.2) is 4.99 Å². The van der Waals surface area contributed by atoms with Crippen LogP contribution >= 0.6 is 15.9 Å². The lowest BCUT2D eigenvalue weighted by molar-refractivity contribution is -0.131. The van der Waals surface area contributed by atoms with E-state index in [1.165, 1.54) is 16.0 Å². The lowest BCUT2D eigenvalue weighted by Gasteiger charge is -2.36. The van der Waals surface area contributed by atoms with Crippen LogP contribution in [0.3, 0.4) is 0 Å². The highest BCUT2D eigenvalue weighted by molar-refractivity contribution is 9.10. The number of nitrogens with two attached hydrogens (primary N) is 1. The summed E-state index contributed by atoms with van der Waals surface area (Å²) in [7, 11) is 1.69. The number of aliphatic imine (C=N–C) groups is 1. The molecule has 0 fully saturated rings. The normalized spacial score (nSPS) is 25.8. The molecule has 2 N–H and O–H groups in total. The van der Waals surface area contributed by atoms with Crippen molar-refractivity contribution in [2.45, 2.75) is 24.3 Å². The third kappa shape index (κ3) is 2.18. The maximum atomic E-state index is 13.1. The molecule has 1 heterocycles. The minimum absolute atomic E-state index is 0.0417. The van der Waals surface area contributed by atoms with Crippen molar-refractivity contribution in [2.24, 2.45) is 10.7 Å². The molecule has 4 nitrogen and oxygen atoms in total. The van der Waals surface area contributed by atoms with Crippen molar-refractivity contribution >= 4 is 27.8 Å². The van der Waals surface area contributed by atoms with Gasteiger partial charge in [0.05, 0.1) is 0 Å². The minimum Gasteiger partial charge on any atom is -0.369 e. The van der Waals surface area contributed by atoms with E-state index in [4.69, 9.17) is 5.73 Å². The highest BCUT2D eigenvalue weighted by Crippen LogP contribution is 2.48. The van der Waals surface area contributed by atoms with Gasteiger partial charge in [0.25, 0.3) is 5.91 Å². The molecular formula is C19H18BrN3O. The summed E-state index contributed by atoms with van der Waals surface area (Å²) in [5, 5.41) is 0. The Morgan fingerprint density at radius 2 is 2.00 bits per heavy atom. The fourth-order valence-corrected chi connectivity index (χ4v) is 4.25. The molecule has 2 unspecified atom stereocenters. The number of carbonyl (C=O) groups is 1. The highest BCUT2D eigenvalue weighted by Gasteiger charge is 2.52. The predicted molar refractivity (Wildman–Crippen MR) is 97.7 cm³/mol. The summed E-state index contributed by atoms with van der Waals surface area (Å²) in [6.45, 7) is 0. The third-order valence-corrected chi connectivity index (χ3v) is 5.60. The highest BCUT2D eigenvalue weighted by atomic mass is 79.9. The van der Waals surface area contributed by atoms with Crippen molar-refractivity contribution in [3.8, 4) is 0 Å². The van der Waals surface area contributed by atoms with Crippen LogP contribution in [0.25, 0.3) is 0 Å². The molecule has 0 bridgehead atoms. The van der Waals surface area contributed by atoms with Crippen molar-refractivity contribution in [2.75, 3.05) is 7.05 Å². The topological polar surface area (TPSA) is 58.7 Å². The number of hydrogen-bond acceptors (Lipinski definition) is 3. The summed E-state index contributed by atoms with van der Waals surface area (Å²) in [6.07, 6.45) is 1.55. The number of halogens is 1. The maximum Gasteiger partial charge on any atom is 0.261 e. The summed E-state index contributed by atoms with van der Waals surface area (Å²) in [5.41, 5.74) is 8.47. The van der Waals surface area contributed by atoms with Gasteiger partial charge in [0.1, 0.15) is 0 Å². The maximum absolute atomic E-state index is 13.1. The summed E-state index contributed by atoms with van der Waals surface area (Å²) in [5.74, 6) is 0.492. The molecule has 0 radical (unpaired) electrons. The van der Waals surface area contributed by atoms with Crippen molar-refractivity contribution in [3.63, 3.8) is 0 Å². The molecule has 24 heavy (non-hydrogen) atoms. The Balaban J connectivity index is 1.89. The van der Waals surface area contributed by atoms with Crippen LogP contribution in [0.1, 0.15) is 29.0 Å². The molecule has 1 aliphatic carbocycles. The first-order valence-corrected chi connectivity index (χ1v) is 8.78. The van der Waals surface area contributed by atoms with Crippen molar-refractivity contribution in [1.29, 1.82) is 0 Å². The van der Waals surface area contributed by atoms with E-state index >= 15 is 0 Å². The number of rotatable bonds is 1. The summed E-state index contributed by atoms with van der Waals surface area (Å²) in [6, 6.07) is 16.5. The second-order valence-corrected chi connectivity index (χ2v) is 7.43. The van der Waals surface area contributed by atoms with Gasteiger partial charge >= 0.3 is 0 Å². The molecule has 2 aliphatic rings. The number of hydrogen-bond donors (Lipinski definition) is 1. The van der Waals surface area contributed by atoms with Gasteiger partial charge in [-0.3, -0.25) is 9.69 Å². The second-order valence-electron chi connectivity index (χ2n) is 6.51. The fraction of sp³-hybridized carbons (Fsp3) is 0.263. The Labute approximate surface area is 149 Å². The zero-order valence-electron chi connectivity index (χ0n) is 13.4. The monoisotopic (exact) mass is 383 g/mol. The second kappa shape index (κ2) is 5.45. The Kier molecular flexibility index (Phi) is 3.49. The van der Waals surface area contributed by atoms with Gasteiger partial charge in [0.2, 0.25) is 0 Å². The Morgan fingerprint density at radius 1 is 1.25 bits per heavy atom. The minimum atomic E-state index is -0.906. The molecule has 2 aromatic carbocycles. The van der Waals surface area contributed by atoms with E-state index in [-0.39, 0.29) is 11.8 Å². The zero-order valence-corrected chi connectivity index (χ0v) is 15.0. The van der Waals surface area contributed by atoms with Crippen molar-refractivity contribution < 1.29 is 4.79 Å². The summed E-state index contributed by atoms with van der Waals surface area (Å²) >= 11 is 3.53. The summed E-state index contributed by atoms with van der Waals surface area (Å²) < 4.78 is 0.954. The van der Waals surface area contributed by atoms with Crippen LogP contribution < -0.4 is 5.73 Å². The first-order chi connectivity index (χ1) is 11.5. The van der Waals surface area contributed by atoms with E-state index in [9.17, 15) is 4.79 Å². The lowest BCUT2D eigenvalue weighted by atomic mass is 9.69. The number of amides is 1. The van der Waals surface area contributed by atoms with Gasteiger partial charge in [-0.1, -0.05) is 52.3 Å². The molecule has 0 saturated carbocycles. The van der Waals surface area contributed by atoms with Gasteiger partial charge < -0.3 is 5.73 Å². The molecule has 2 aromatic rings. The molecule has 0 saturated heterocycles. The van der Waals surface area contributed by atoms with Crippen molar-refractivity contribution in [3.05, 3.63) is 69.7 Å². The predicted octanol–water partition coefficient (Wildman–Crippen LogP) is 3.16. The first kappa shape index (κ1) is 15.4.